The van der Waals surface area contributed by atoms with Crippen LogP contribution < -0.4 is 4.72 Å². The number of rotatable bonds is 6. The van der Waals surface area contributed by atoms with E-state index in [4.69, 9.17) is 4.74 Å². The minimum absolute atomic E-state index is 0.00996. The van der Waals surface area contributed by atoms with Crippen molar-refractivity contribution in [2.24, 2.45) is 0 Å². The fourth-order valence-corrected chi connectivity index (χ4v) is 4.51. The van der Waals surface area contributed by atoms with Gasteiger partial charge in [-0.05, 0) is 51.0 Å². The lowest BCUT2D eigenvalue weighted by atomic mass is 10.1. The van der Waals surface area contributed by atoms with Crippen LogP contribution in [-0.4, -0.2) is 33.6 Å². The zero-order valence-electron chi connectivity index (χ0n) is 16.4. The highest BCUT2D eigenvalue weighted by Gasteiger charge is 2.25. The molecular formula is C20H23NO6S. The number of sulfonamides is 1. The van der Waals surface area contributed by atoms with Crippen LogP contribution in [0, 0.1) is 20.8 Å². The van der Waals surface area contributed by atoms with Crippen molar-refractivity contribution in [1.82, 2.24) is 0 Å². The third kappa shape index (κ3) is 4.69. The maximum atomic E-state index is 13.0. The molecule has 0 bridgehead atoms. The largest absolute Gasteiger partial charge is 0.466 e. The minimum atomic E-state index is -3.95. The Bertz CT molecular complexity index is 990. The van der Waals surface area contributed by atoms with E-state index in [0.717, 1.165) is 5.56 Å². The third-order valence-corrected chi connectivity index (χ3v) is 5.75. The molecule has 0 saturated carbocycles. The van der Waals surface area contributed by atoms with Crippen LogP contribution in [0.4, 0.5) is 5.69 Å². The Balaban J connectivity index is 2.38. The number of carbonyl (C=O) groups excluding carboxylic acids is 2. The molecule has 2 rings (SSSR count). The van der Waals surface area contributed by atoms with Gasteiger partial charge in [0.25, 0.3) is 10.0 Å². The van der Waals surface area contributed by atoms with Gasteiger partial charge in [-0.3, -0.25) is 4.72 Å². The highest BCUT2D eigenvalue weighted by atomic mass is 32.2. The van der Waals surface area contributed by atoms with Crippen molar-refractivity contribution < 1.29 is 27.5 Å². The summed E-state index contributed by atoms with van der Waals surface area (Å²) < 4.78 is 38.0. The Morgan fingerprint density at radius 3 is 2.18 bits per heavy atom. The van der Waals surface area contributed by atoms with Crippen molar-refractivity contribution >= 4 is 27.6 Å². The predicted molar refractivity (Wildman–Crippen MR) is 105 cm³/mol. The first kappa shape index (κ1) is 21.4. The number of ether oxygens (including phenoxy) is 2. The summed E-state index contributed by atoms with van der Waals surface area (Å²) in [6.07, 6.45) is -1.12. The average Bonchev–Trinajstić information content (AvgIpc) is 2.59. The van der Waals surface area contributed by atoms with E-state index in [2.05, 4.69) is 9.46 Å². The van der Waals surface area contributed by atoms with Gasteiger partial charge in [-0.25, -0.2) is 18.0 Å². The molecule has 150 valence electrons. The lowest BCUT2D eigenvalue weighted by Crippen LogP contribution is -2.26. The first-order valence-electron chi connectivity index (χ1n) is 8.55. The smallest absolute Gasteiger partial charge is 0.346 e. The molecular weight excluding hydrogens is 382 g/mol. The van der Waals surface area contributed by atoms with E-state index in [9.17, 15) is 18.0 Å². The number of carbonyl (C=O) groups is 2. The van der Waals surface area contributed by atoms with Crippen LogP contribution >= 0.6 is 0 Å². The zero-order chi connectivity index (χ0) is 21.1. The zero-order valence-corrected chi connectivity index (χ0v) is 17.2. The molecule has 0 heterocycles. The average molecular weight is 405 g/mol. The fraction of sp³-hybridized carbons (Fsp3) is 0.300. The van der Waals surface area contributed by atoms with Crippen molar-refractivity contribution in [3.05, 3.63) is 58.7 Å². The number of aryl methyl sites for hydroxylation is 3. The molecule has 0 fully saturated rings. The summed E-state index contributed by atoms with van der Waals surface area (Å²) in [5.41, 5.74) is 2.21. The summed E-state index contributed by atoms with van der Waals surface area (Å²) in [6.45, 7) is 6.69. The Morgan fingerprint density at radius 1 is 1.04 bits per heavy atom. The number of anilines is 1. The second-order valence-electron chi connectivity index (χ2n) is 6.45. The molecule has 2 aromatic rings. The van der Waals surface area contributed by atoms with Crippen LogP contribution in [-0.2, 0) is 24.3 Å². The van der Waals surface area contributed by atoms with Gasteiger partial charge in [0.2, 0.25) is 0 Å². The number of esters is 2. The first-order chi connectivity index (χ1) is 13.1. The molecule has 28 heavy (non-hydrogen) atoms. The molecule has 7 nitrogen and oxygen atoms in total. The van der Waals surface area contributed by atoms with E-state index in [1.54, 1.807) is 38.1 Å². The lowest BCUT2D eigenvalue weighted by Gasteiger charge is -2.16. The quantitative estimate of drug-likeness (QED) is 0.742. The maximum absolute atomic E-state index is 13.0. The SMILES string of the molecule is COC(=O)[C@@H](C)OC(=O)c1ccccc1NS(=O)(=O)c1c(C)cc(C)cc1C. The predicted octanol–water partition coefficient (Wildman–Crippen LogP) is 3.13. The summed E-state index contributed by atoms with van der Waals surface area (Å²) in [6, 6.07) is 9.58. The molecule has 1 N–H and O–H groups in total. The number of hydrogen-bond donors (Lipinski definition) is 1. The summed E-state index contributed by atoms with van der Waals surface area (Å²) in [5, 5.41) is 0. The van der Waals surface area contributed by atoms with Crippen LogP contribution in [0.2, 0.25) is 0 Å². The fourth-order valence-electron chi connectivity index (χ4n) is 2.97. The van der Waals surface area contributed by atoms with E-state index >= 15 is 0 Å². The second-order valence-corrected chi connectivity index (χ2v) is 8.07. The molecule has 0 radical (unpaired) electrons. The van der Waals surface area contributed by atoms with E-state index < -0.39 is 28.1 Å². The van der Waals surface area contributed by atoms with Crippen LogP contribution in [0.1, 0.15) is 34.0 Å². The van der Waals surface area contributed by atoms with Crippen molar-refractivity contribution in [1.29, 1.82) is 0 Å². The van der Waals surface area contributed by atoms with Gasteiger partial charge < -0.3 is 9.47 Å². The van der Waals surface area contributed by atoms with Gasteiger partial charge >= 0.3 is 11.9 Å². The van der Waals surface area contributed by atoms with Gasteiger partial charge in [-0.2, -0.15) is 0 Å². The molecule has 0 aliphatic rings. The molecule has 0 amide bonds. The summed E-state index contributed by atoms with van der Waals surface area (Å²) >= 11 is 0. The lowest BCUT2D eigenvalue weighted by molar-refractivity contribution is -0.149. The van der Waals surface area contributed by atoms with Crippen LogP contribution in [0.25, 0.3) is 0 Å². The Labute approximate surface area is 164 Å². The van der Waals surface area contributed by atoms with Crippen molar-refractivity contribution in [3.8, 4) is 0 Å². The maximum Gasteiger partial charge on any atom is 0.346 e. The molecule has 0 aliphatic heterocycles. The Hall–Kier alpha value is -2.87. The first-order valence-corrected chi connectivity index (χ1v) is 10.0. The van der Waals surface area contributed by atoms with E-state index in [1.807, 2.05) is 6.92 Å². The molecule has 2 aromatic carbocycles. The number of nitrogens with one attached hydrogen (secondary N) is 1. The summed E-state index contributed by atoms with van der Waals surface area (Å²) in [7, 11) is -2.76. The number of benzene rings is 2. The number of hydrogen-bond acceptors (Lipinski definition) is 6. The topological polar surface area (TPSA) is 98.8 Å². The van der Waals surface area contributed by atoms with E-state index in [1.165, 1.54) is 26.2 Å². The minimum Gasteiger partial charge on any atom is -0.466 e. The van der Waals surface area contributed by atoms with Crippen molar-refractivity contribution in [2.75, 3.05) is 11.8 Å². The Kier molecular flexibility index (Phi) is 6.45. The molecule has 1 atom stereocenters. The summed E-state index contributed by atoms with van der Waals surface area (Å²) in [5.74, 6) is -1.55. The van der Waals surface area contributed by atoms with Gasteiger partial charge in [0.1, 0.15) is 0 Å². The summed E-state index contributed by atoms with van der Waals surface area (Å²) in [4.78, 5) is 24.1. The van der Waals surface area contributed by atoms with Crippen molar-refractivity contribution in [2.45, 2.75) is 38.7 Å². The van der Waals surface area contributed by atoms with Gasteiger partial charge in [-0.1, -0.05) is 29.8 Å². The highest BCUT2D eigenvalue weighted by Crippen LogP contribution is 2.26. The Morgan fingerprint density at radius 2 is 1.61 bits per heavy atom. The molecule has 0 spiro atoms. The molecule has 0 unspecified atom stereocenters. The second kappa shape index (κ2) is 8.43. The van der Waals surface area contributed by atoms with E-state index in [0.29, 0.717) is 11.1 Å². The van der Waals surface area contributed by atoms with Gasteiger partial charge in [0, 0.05) is 0 Å². The van der Waals surface area contributed by atoms with Gasteiger partial charge in [-0.15, -0.1) is 0 Å². The molecule has 0 aromatic heterocycles. The molecule has 0 saturated heterocycles. The van der Waals surface area contributed by atoms with Crippen LogP contribution in [0.5, 0.6) is 0 Å². The number of methoxy groups -OCH3 is 1. The highest BCUT2D eigenvalue weighted by molar-refractivity contribution is 7.92. The number of para-hydroxylation sites is 1. The van der Waals surface area contributed by atoms with Crippen LogP contribution in [0.3, 0.4) is 0 Å². The van der Waals surface area contributed by atoms with Crippen LogP contribution in [0.15, 0.2) is 41.3 Å². The normalized spacial score (nSPS) is 12.2. The monoisotopic (exact) mass is 405 g/mol. The third-order valence-electron chi connectivity index (χ3n) is 4.08. The molecule has 0 aliphatic carbocycles. The standard InChI is InChI=1S/C20H23NO6S/c1-12-10-13(2)18(14(3)11-12)28(24,25)21-17-9-7-6-8-16(17)20(23)27-15(4)19(22)26-5/h6-11,15,21H,1-5H3/t15-/m1/s1. The van der Waals surface area contributed by atoms with Gasteiger partial charge in [0.05, 0.1) is 23.3 Å². The van der Waals surface area contributed by atoms with Gasteiger partial charge in [0.15, 0.2) is 6.10 Å². The molecule has 8 heteroatoms. The van der Waals surface area contributed by atoms with E-state index in [-0.39, 0.29) is 16.1 Å². The van der Waals surface area contributed by atoms with Crippen molar-refractivity contribution in [3.63, 3.8) is 0 Å².